The topological polar surface area (TPSA) is 45.2 Å². The Balaban J connectivity index is 2.12. The molecule has 0 bridgehead atoms. The van der Waals surface area contributed by atoms with E-state index in [1.807, 2.05) is 19.9 Å². The van der Waals surface area contributed by atoms with Gasteiger partial charge in [-0.15, -0.1) is 0 Å². The van der Waals surface area contributed by atoms with Crippen LogP contribution in [-0.4, -0.2) is 33.7 Å². The molecule has 22 heavy (non-hydrogen) atoms. The molecule has 0 amide bonds. The molecule has 1 aromatic heterocycles. The van der Waals surface area contributed by atoms with Crippen LogP contribution >= 0.6 is 11.8 Å². The molecule has 0 spiro atoms. The van der Waals surface area contributed by atoms with Crippen LogP contribution in [0.3, 0.4) is 0 Å². The molecule has 0 aliphatic rings. The summed E-state index contributed by atoms with van der Waals surface area (Å²) in [6, 6.07) is 8.29. The highest BCUT2D eigenvalue weighted by molar-refractivity contribution is 7.99. The summed E-state index contributed by atoms with van der Waals surface area (Å²) in [6.45, 7) is 8.85. The summed E-state index contributed by atoms with van der Waals surface area (Å²) in [5.41, 5.74) is 4.07. The average Bonchev–Trinajstić information content (AvgIpc) is 2.45. The van der Waals surface area contributed by atoms with Gasteiger partial charge >= 0.3 is 0 Å². The Kier molecular flexibility index (Phi) is 5.70. The van der Waals surface area contributed by atoms with E-state index in [1.165, 1.54) is 16.6 Å². The zero-order chi connectivity index (χ0) is 16.2. The number of para-hydroxylation sites is 1. The lowest BCUT2D eigenvalue weighted by molar-refractivity contribution is 0.107. The van der Waals surface area contributed by atoms with Crippen LogP contribution in [0.25, 0.3) is 10.9 Å². The van der Waals surface area contributed by atoms with Crippen LogP contribution in [0, 0.1) is 6.92 Å². The van der Waals surface area contributed by atoms with Crippen molar-refractivity contribution in [2.45, 2.75) is 39.7 Å². The highest BCUT2D eigenvalue weighted by Gasteiger charge is 2.13. The maximum Gasteiger partial charge on any atom is 0.0726 e. The van der Waals surface area contributed by atoms with Crippen molar-refractivity contribution in [2.75, 3.05) is 23.4 Å². The van der Waals surface area contributed by atoms with Crippen molar-refractivity contribution < 1.29 is 5.11 Å². The van der Waals surface area contributed by atoms with Crippen molar-refractivity contribution in [1.82, 2.24) is 4.98 Å². The third-order valence-electron chi connectivity index (χ3n) is 3.56. The Morgan fingerprint density at radius 3 is 2.68 bits per heavy atom. The fourth-order valence-electron chi connectivity index (χ4n) is 2.58. The zero-order valence-electron chi connectivity index (χ0n) is 13.9. The quantitative estimate of drug-likeness (QED) is 0.757. The molecule has 0 atom stereocenters. The van der Waals surface area contributed by atoms with Gasteiger partial charge in [0.2, 0.25) is 0 Å². The molecule has 0 radical (unpaired) electrons. The first-order chi connectivity index (χ1) is 10.4. The first-order valence-corrected chi connectivity index (χ1v) is 9.00. The second-order valence-electron chi connectivity index (χ2n) is 6.21. The van der Waals surface area contributed by atoms with Crippen molar-refractivity contribution in [3.8, 4) is 0 Å². The summed E-state index contributed by atoms with van der Waals surface area (Å²) in [7, 11) is 0. The number of nitrogens with one attached hydrogen (secondary N) is 1. The molecule has 2 aromatic rings. The van der Waals surface area contributed by atoms with E-state index < -0.39 is 5.60 Å². The zero-order valence-corrected chi connectivity index (χ0v) is 14.8. The van der Waals surface area contributed by atoms with Gasteiger partial charge in [-0.3, -0.25) is 4.98 Å². The second kappa shape index (κ2) is 7.34. The number of aryl methyl sites for hydroxylation is 1. The summed E-state index contributed by atoms with van der Waals surface area (Å²) in [5.74, 6) is 1.73. The molecule has 0 fully saturated rings. The number of hydrogen-bond acceptors (Lipinski definition) is 4. The van der Waals surface area contributed by atoms with E-state index in [4.69, 9.17) is 4.98 Å². The summed E-state index contributed by atoms with van der Waals surface area (Å²) in [5, 5.41) is 14.5. The van der Waals surface area contributed by atoms with E-state index in [2.05, 4.69) is 37.4 Å². The summed E-state index contributed by atoms with van der Waals surface area (Å²) >= 11 is 1.77. The van der Waals surface area contributed by atoms with Crippen LogP contribution in [0.15, 0.2) is 24.3 Å². The van der Waals surface area contributed by atoms with Crippen molar-refractivity contribution in [3.05, 3.63) is 35.5 Å². The molecular weight excluding hydrogens is 292 g/mol. The number of aliphatic hydroxyl groups is 1. The number of thioether (sulfide) groups is 1. The SMILES string of the molecule is CCc1c(C)nc2ccccc2c1NCCSCC(C)(C)O. The number of anilines is 1. The molecule has 0 aliphatic carbocycles. The lowest BCUT2D eigenvalue weighted by atomic mass is 10.0. The van der Waals surface area contributed by atoms with E-state index in [-0.39, 0.29) is 0 Å². The molecule has 0 unspecified atom stereocenters. The predicted octanol–water partition coefficient (Wildman–Crippen LogP) is 4.02. The largest absolute Gasteiger partial charge is 0.390 e. The van der Waals surface area contributed by atoms with Gasteiger partial charge in [-0.05, 0) is 38.8 Å². The molecule has 2 rings (SSSR count). The van der Waals surface area contributed by atoms with Crippen molar-refractivity contribution >= 4 is 28.4 Å². The van der Waals surface area contributed by atoms with Gasteiger partial charge in [0.05, 0.1) is 11.1 Å². The van der Waals surface area contributed by atoms with E-state index in [1.54, 1.807) is 11.8 Å². The van der Waals surface area contributed by atoms with Gasteiger partial charge in [0, 0.05) is 34.8 Å². The number of rotatable bonds is 7. The number of hydrogen-bond donors (Lipinski definition) is 2. The Morgan fingerprint density at radius 1 is 1.27 bits per heavy atom. The highest BCUT2D eigenvalue weighted by atomic mass is 32.2. The highest BCUT2D eigenvalue weighted by Crippen LogP contribution is 2.28. The fraction of sp³-hybridized carbons (Fsp3) is 0.500. The molecule has 4 heteroatoms. The average molecular weight is 318 g/mol. The monoisotopic (exact) mass is 318 g/mol. The third-order valence-corrected chi connectivity index (χ3v) is 4.96. The van der Waals surface area contributed by atoms with Crippen LogP contribution in [0.2, 0.25) is 0 Å². The summed E-state index contributed by atoms with van der Waals surface area (Å²) in [4.78, 5) is 4.71. The predicted molar refractivity (Wildman–Crippen MR) is 98.0 cm³/mol. The fourth-order valence-corrected chi connectivity index (χ4v) is 3.47. The van der Waals surface area contributed by atoms with Crippen molar-refractivity contribution in [2.24, 2.45) is 0 Å². The summed E-state index contributed by atoms with van der Waals surface area (Å²) < 4.78 is 0. The first-order valence-electron chi connectivity index (χ1n) is 7.84. The summed E-state index contributed by atoms with van der Waals surface area (Å²) in [6.07, 6.45) is 0.975. The van der Waals surface area contributed by atoms with Gasteiger partial charge < -0.3 is 10.4 Å². The number of aromatic nitrogens is 1. The van der Waals surface area contributed by atoms with E-state index in [0.29, 0.717) is 0 Å². The van der Waals surface area contributed by atoms with Gasteiger partial charge in [-0.1, -0.05) is 25.1 Å². The molecule has 0 saturated carbocycles. The molecule has 0 saturated heterocycles. The number of nitrogens with zero attached hydrogens (tertiary/aromatic N) is 1. The van der Waals surface area contributed by atoms with E-state index in [9.17, 15) is 5.11 Å². The lowest BCUT2D eigenvalue weighted by Gasteiger charge is -2.18. The van der Waals surface area contributed by atoms with Crippen LogP contribution in [0.4, 0.5) is 5.69 Å². The van der Waals surface area contributed by atoms with Crippen LogP contribution in [0.5, 0.6) is 0 Å². The number of benzene rings is 1. The number of pyridine rings is 1. The third kappa shape index (κ3) is 4.37. The normalized spacial score (nSPS) is 11.9. The molecule has 1 aromatic carbocycles. The molecule has 3 nitrogen and oxygen atoms in total. The van der Waals surface area contributed by atoms with Crippen LogP contribution in [0.1, 0.15) is 32.0 Å². The lowest BCUT2D eigenvalue weighted by Crippen LogP contribution is -2.22. The molecule has 0 aliphatic heterocycles. The van der Waals surface area contributed by atoms with E-state index >= 15 is 0 Å². The Morgan fingerprint density at radius 2 is 2.00 bits per heavy atom. The maximum atomic E-state index is 9.74. The standard InChI is InChI=1S/C18H26N2OS/c1-5-14-13(2)20-16-9-7-6-8-15(16)17(14)19-10-11-22-12-18(3,4)21/h6-9,21H,5,10-12H2,1-4H3,(H,19,20). The van der Waals surface area contributed by atoms with E-state index in [0.717, 1.165) is 35.7 Å². The van der Waals surface area contributed by atoms with Gasteiger partial charge in [0.1, 0.15) is 0 Å². The van der Waals surface area contributed by atoms with Gasteiger partial charge in [0.15, 0.2) is 0 Å². The Labute approximate surface area is 137 Å². The maximum absolute atomic E-state index is 9.74. The minimum Gasteiger partial charge on any atom is -0.390 e. The van der Waals surface area contributed by atoms with Gasteiger partial charge in [-0.25, -0.2) is 0 Å². The van der Waals surface area contributed by atoms with Gasteiger partial charge in [-0.2, -0.15) is 11.8 Å². The van der Waals surface area contributed by atoms with Gasteiger partial charge in [0.25, 0.3) is 0 Å². The molecule has 120 valence electrons. The minimum atomic E-state index is -0.598. The smallest absolute Gasteiger partial charge is 0.0726 e. The Hall–Kier alpha value is -1.26. The first kappa shape index (κ1) is 17.1. The molecule has 1 heterocycles. The minimum absolute atomic E-state index is 0.598. The van der Waals surface area contributed by atoms with Crippen molar-refractivity contribution in [1.29, 1.82) is 0 Å². The molecule has 2 N–H and O–H groups in total. The number of fused-ring (bicyclic) bond motifs is 1. The second-order valence-corrected chi connectivity index (χ2v) is 7.32. The van der Waals surface area contributed by atoms with Crippen molar-refractivity contribution in [3.63, 3.8) is 0 Å². The van der Waals surface area contributed by atoms with Crippen LogP contribution < -0.4 is 5.32 Å². The van der Waals surface area contributed by atoms with Crippen LogP contribution in [-0.2, 0) is 6.42 Å². The molecular formula is C18H26N2OS. The Bertz CT molecular complexity index is 635.